The Morgan fingerprint density at radius 1 is 0.531 bits per heavy atom. The zero-order valence-corrected chi connectivity index (χ0v) is 23.7. The van der Waals surface area contributed by atoms with Crippen LogP contribution in [0.5, 0.6) is 0 Å². The minimum atomic E-state index is -1.89. The van der Waals surface area contributed by atoms with Crippen molar-refractivity contribution in [3.05, 3.63) is 79.3 Å². The van der Waals surface area contributed by atoms with Crippen LogP contribution in [0, 0.1) is 116 Å². The molecule has 15 nitrogen and oxygen atoms in total. The lowest BCUT2D eigenvalue weighted by Crippen LogP contribution is -2.30. The first-order valence-electron chi connectivity index (χ1n) is 12.4. The predicted octanol–water partition coefficient (Wildman–Crippen LogP) is 3.73. The summed E-state index contributed by atoms with van der Waals surface area (Å²) in [7, 11) is 0. The van der Waals surface area contributed by atoms with Crippen LogP contribution in [-0.2, 0) is 0 Å². The summed E-state index contributed by atoms with van der Waals surface area (Å²) in [6.07, 6.45) is 0. The van der Waals surface area contributed by atoms with E-state index in [2.05, 4.69) is 39.6 Å². The average Bonchev–Trinajstić information content (AvgIpc) is 3.14. The van der Waals surface area contributed by atoms with Gasteiger partial charge in [0, 0.05) is 8.43 Å². The standard InChI is InChI=1S/C18N12.C12H3F4N3.2H2/c1-23-17-9(5-21)27-13-11-12(26-8(4-20)7(3-19)25-11)14-16(15(13)29-17)30-18(24-2)10(6-22)28-14;1-5(2-17)7-9(13)11(15)8(6(3-18)4-19)12(16)10(7)14;;/h;1H3;2*1H/i;;1+1;. The molecule has 0 aliphatic rings. The second-order valence-electron chi connectivity index (χ2n) is 8.82. The molecule has 0 saturated heterocycles. The van der Waals surface area contributed by atoms with Gasteiger partial charge in [-0.25, -0.2) is 37.5 Å². The molecule has 5 rings (SSSR count). The SMILES string of the molecule is CC(C#N)=c1c(F)c(F)c(=C(C#N)C#N)c(F)c1F.[2HH].[C-]#[N+]c1nc2c(nc1C#N)c1nc(C#N)c(C#N)nc1c1nc(C#N)c([N+]#[C-])nc12.[HH]. The van der Waals surface area contributed by atoms with Crippen molar-refractivity contribution in [2.45, 2.75) is 6.92 Å². The molecule has 0 fully saturated rings. The Morgan fingerprint density at radius 3 is 1.12 bits per heavy atom. The topological polar surface area (TPSA) is 253 Å². The molecular weight excluding hydrogens is 646 g/mol. The minimum absolute atomic E-state index is 0. The molecule has 0 radical (unpaired) electrons. The lowest BCUT2D eigenvalue weighted by atomic mass is 10.1. The number of nitriles is 7. The van der Waals surface area contributed by atoms with E-state index in [1.807, 2.05) is 0 Å². The molecule has 5 aromatic rings. The molecule has 3 aromatic heterocycles. The van der Waals surface area contributed by atoms with E-state index >= 15 is 0 Å². The molecule has 49 heavy (non-hydrogen) atoms. The van der Waals surface area contributed by atoms with Gasteiger partial charge in [-0.2, -0.15) is 36.8 Å². The molecule has 0 saturated carbocycles. The van der Waals surface area contributed by atoms with E-state index in [0.717, 1.165) is 19.1 Å². The Labute approximate surface area is 271 Å². The van der Waals surface area contributed by atoms with Gasteiger partial charge in [-0.05, 0) is 6.92 Å². The molecule has 0 bridgehead atoms. The van der Waals surface area contributed by atoms with Gasteiger partial charge >= 0.3 is 11.6 Å². The van der Waals surface area contributed by atoms with Crippen LogP contribution in [0.25, 0.3) is 53.9 Å². The summed E-state index contributed by atoms with van der Waals surface area (Å²) >= 11 is 0. The first-order valence-corrected chi connectivity index (χ1v) is 12.4. The molecule has 0 atom stereocenters. The summed E-state index contributed by atoms with van der Waals surface area (Å²) in [6, 6.07) is 10.7. The fourth-order valence-electron chi connectivity index (χ4n) is 4.11. The number of aromatic nitrogens is 6. The zero-order valence-electron chi connectivity index (χ0n) is 23.7. The molecule has 0 aliphatic heterocycles. The predicted molar refractivity (Wildman–Crippen MR) is 156 cm³/mol. The van der Waals surface area contributed by atoms with Gasteiger partial charge in [0.05, 0.1) is 16.5 Å². The van der Waals surface area contributed by atoms with Crippen molar-refractivity contribution >= 4 is 55.9 Å². The average molecular weight is 654 g/mol. The molecule has 2 aromatic carbocycles. The number of fused-ring (bicyclic) bond motifs is 6. The number of hydrogen-bond donors (Lipinski definition) is 0. The van der Waals surface area contributed by atoms with E-state index in [0.29, 0.717) is 0 Å². The maximum Gasteiger partial charge on any atom is 0.307 e. The molecule has 0 spiro atoms. The van der Waals surface area contributed by atoms with E-state index in [4.69, 9.17) is 28.9 Å². The summed E-state index contributed by atoms with van der Waals surface area (Å²) in [4.78, 5) is 31.1. The Kier molecular flexibility index (Phi) is 8.91. The van der Waals surface area contributed by atoms with E-state index in [9.17, 15) is 38.6 Å². The number of halogens is 4. The van der Waals surface area contributed by atoms with Crippen LogP contribution < -0.4 is 10.4 Å². The van der Waals surface area contributed by atoms with Crippen LogP contribution in [0.2, 0.25) is 0 Å². The summed E-state index contributed by atoms with van der Waals surface area (Å²) < 4.78 is 54.4. The van der Waals surface area contributed by atoms with Crippen molar-refractivity contribution in [1.82, 2.24) is 29.9 Å². The molecular formula is C30H7F4N15. The van der Waals surface area contributed by atoms with Gasteiger partial charge < -0.3 is 9.69 Å². The van der Waals surface area contributed by atoms with Crippen molar-refractivity contribution in [2.24, 2.45) is 0 Å². The van der Waals surface area contributed by atoms with Crippen LogP contribution in [0.1, 0.15) is 32.6 Å². The van der Waals surface area contributed by atoms with Crippen molar-refractivity contribution in [3.8, 4) is 42.5 Å². The van der Waals surface area contributed by atoms with Gasteiger partial charge in [0.15, 0.2) is 46.0 Å². The lowest BCUT2D eigenvalue weighted by Gasteiger charge is -2.06. The van der Waals surface area contributed by atoms with Gasteiger partial charge in [-0.3, -0.25) is 0 Å². The van der Waals surface area contributed by atoms with E-state index < -0.39 is 44.9 Å². The van der Waals surface area contributed by atoms with E-state index in [1.54, 1.807) is 24.3 Å². The normalized spacial score (nSPS) is 9.55. The molecule has 230 valence electrons. The van der Waals surface area contributed by atoms with Crippen LogP contribution in [0.3, 0.4) is 0 Å². The third-order valence-corrected chi connectivity index (χ3v) is 6.24. The third kappa shape index (κ3) is 5.34. The van der Waals surface area contributed by atoms with Crippen LogP contribution in [0.15, 0.2) is 0 Å². The number of rotatable bonds is 0. The summed E-state index contributed by atoms with van der Waals surface area (Å²) in [5, 5.41) is 60.1. The molecule has 0 unspecified atom stereocenters. The van der Waals surface area contributed by atoms with Gasteiger partial charge in [-0.1, -0.05) is 13.1 Å². The number of nitrogens with zero attached hydrogens (tertiary/aromatic N) is 15. The highest BCUT2D eigenvalue weighted by Crippen LogP contribution is 2.33. The second-order valence-corrected chi connectivity index (χ2v) is 8.82. The van der Waals surface area contributed by atoms with Gasteiger partial charge in [0.25, 0.3) is 0 Å². The van der Waals surface area contributed by atoms with Gasteiger partial charge in [0.2, 0.25) is 11.0 Å². The minimum Gasteiger partial charge on any atom is -0.358 e. The van der Waals surface area contributed by atoms with Gasteiger partial charge in [0.1, 0.15) is 64.1 Å². The first-order chi connectivity index (χ1) is 23.5. The second kappa shape index (κ2) is 13.1. The van der Waals surface area contributed by atoms with Crippen LogP contribution in [0.4, 0.5) is 29.2 Å². The van der Waals surface area contributed by atoms with Crippen molar-refractivity contribution in [3.63, 3.8) is 0 Å². The highest BCUT2D eigenvalue weighted by Gasteiger charge is 2.26. The largest absolute Gasteiger partial charge is 0.358 e. The monoisotopic (exact) mass is 654 g/mol. The van der Waals surface area contributed by atoms with Gasteiger partial charge in [-0.15, -0.1) is 9.97 Å². The fraction of sp³-hybridized carbons (Fsp3) is 0.0333. The quantitative estimate of drug-likeness (QED) is 0.0999. The summed E-state index contributed by atoms with van der Waals surface area (Å²) in [5.74, 6) is -8.03. The highest BCUT2D eigenvalue weighted by molar-refractivity contribution is 6.18. The van der Waals surface area contributed by atoms with E-state index in [-0.39, 0.29) is 70.4 Å². The van der Waals surface area contributed by atoms with E-state index in [1.165, 1.54) is 6.07 Å². The lowest BCUT2D eigenvalue weighted by molar-refractivity contribution is 0.434. The maximum absolute atomic E-state index is 13.6. The van der Waals surface area contributed by atoms with Crippen molar-refractivity contribution < 1.29 is 20.4 Å². The Hall–Kier alpha value is -8.67. The number of hydrogen-bond acceptors (Lipinski definition) is 13. The first kappa shape index (κ1) is 33.2. The van der Waals surface area contributed by atoms with Crippen LogP contribution >= 0.6 is 0 Å². The third-order valence-electron chi connectivity index (χ3n) is 6.24. The maximum atomic E-state index is 13.6. The zero-order chi connectivity index (χ0) is 36.2. The summed E-state index contributed by atoms with van der Waals surface area (Å²) in [5.41, 5.74) is -2.87. The highest BCUT2D eigenvalue weighted by atomic mass is 19.2. The Morgan fingerprint density at radius 2 is 0.837 bits per heavy atom. The Bertz CT molecular complexity index is 2490. The van der Waals surface area contributed by atoms with Crippen molar-refractivity contribution in [2.75, 3.05) is 0 Å². The molecule has 19 heteroatoms. The van der Waals surface area contributed by atoms with Crippen molar-refractivity contribution in [1.29, 1.82) is 36.8 Å². The summed E-state index contributed by atoms with van der Waals surface area (Å²) in [6.45, 7) is 15.4. The molecule has 3 heterocycles. The Balaban J connectivity index is 0.000000375. The smallest absolute Gasteiger partial charge is 0.307 e. The fourth-order valence-corrected chi connectivity index (χ4v) is 4.11. The molecule has 0 aliphatic carbocycles. The number of benzene rings is 2. The van der Waals surface area contributed by atoms with Crippen LogP contribution in [-0.4, -0.2) is 29.9 Å². The molecule has 0 N–H and O–H groups in total. The molecule has 0 amide bonds.